The molecule has 1 saturated carbocycles. The lowest BCUT2D eigenvalue weighted by molar-refractivity contribution is -1.07. The third kappa shape index (κ3) is 5.22. The summed E-state index contributed by atoms with van der Waals surface area (Å²) in [6, 6.07) is -0.529. The lowest BCUT2D eigenvalue weighted by Gasteiger charge is -2.37. The van der Waals surface area contributed by atoms with Crippen LogP contribution in [0.25, 0.3) is 0 Å². The number of quaternary nitrogens is 2. The molecule has 3 N–H and O–H groups in total. The van der Waals surface area contributed by atoms with Crippen LogP contribution in [0.5, 0.6) is 0 Å². The van der Waals surface area contributed by atoms with Gasteiger partial charge in [0.15, 0.2) is 5.78 Å². The van der Waals surface area contributed by atoms with E-state index in [9.17, 15) is 15.2 Å². The second-order valence-electron chi connectivity index (χ2n) is 7.19. The van der Waals surface area contributed by atoms with E-state index < -0.39 is 11.3 Å². The molecule has 2 aliphatic rings. The van der Waals surface area contributed by atoms with Crippen molar-refractivity contribution in [2.45, 2.75) is 64.5 Å². The van der Waals surface area contributed by atoms with Crippen LogP contribution in [0.3, 0.4) is 0 Å². The van der Waals surface area contributed by atoms with Gasteiger partial charge < -0.3 is 14.8 Å². The molecule has 0 amide bonds. The van der Waals surface area contributed by atoms with Crippen LogP contribution in [0, 0.1) is 17.0 Å². The fraction of sp³-hybridized carbons (Fsp3) is 0.941. The number of ether oxygens (including phenoxy) is 1. The first-order valence-corrected chi connectivity index (χ1v) is 9.25. The summed E-state index contributed by atoms with van der Waals surface area (Å²) in [5.74, 6) is 0.993. The first-order valence-electron chi connectivity index (χ1n) is 9.25. The first-order chi connectivity index (χ1) is 11.0. The Hall–Kier alpha value is -0.530. The van der Waals surface area contributed by atoms with Gasteiger partial charge in [-0.1, -0.05) is 13.3 Å². The predicted molar refractivity (Wildman–Crippen MR) is 86.2 cm³/mol. The van der Waals surface area contributed by atoms with E-state index in [0.717, 1.165) is 25.4 Å². The Morgan fingerprint density at radius 2 is 1.96 bits per heavy atom. The minimum Gasteiger partial charge on any atom is -0.600 e. The molecule has 134 valence electrons. The SMILES string of the molecule is CCOC1CCC(C(=O)C[NH+]2CCC(CC)CC2)CC1[NH+]([O-])O. The molecular formula is C17H33N2O4+. The molecular weight excluding hydrogens is 296 g/mol. The highest BCUT2D eigenvalue weighted by atomic mass is 16.8. The largest absolute Gasteiger partial charge is 0.600 e. The quantitative estimate of drug-likeness (QED) is 0.556. The van der Waals surface area contributed by atoms with Gasteiger partial charge in [-0.25, -0.2) is 10.4 Å². The molecule has 1 heterocycles. The van der Waals surface area contributed by atoms with Crippen molar-refractivity contribution in [1.82, 2.24) is 0 Å². The van der Waals surface area contributed by atoms with E-state index in [1.54, 1.807) is 0 Å². The molecule has 6 nitrogen and oxygen atoms in total. The summed E-state index contributed by atoms with van der Waals surface area (Å²) in [4.78, 5) is 14.0. The minimum atomic E-state index is -0.822. The van der Waals surface area contributed by atoms with Crippen LogP contribution in [-0.2, 0) is 9.53 Å². The molecule has 0 aromatic rings. The van der Waals surface area contributed by atoms with Crippen LogP contribution in [0.1, 0.15) is 52.4 Å². The van der Waals surface area contributed by atoms with E-state index in [4.69, 9.17) is 4.74 Å². The van der Waals surface area contributed by atoms with Crippen molar-refractivity contribution in [3.8, 4) is 0 Å². The van der Waals surface area contributed by atoms with Gasteiger partial charge in [-0.3, -0.25) is 4.79 Å². The van der Waals surface area contributed by atoms with E-state index >= 15 is 0 Å². The van der Waals surface area contributed by atoms with Gasteiger partial charge in [-0.2, -0.15) is 0 Å². The average Bonchev–Trinajstić information content (AvgIpc) is 2.56. The fourth-order valence-electron chi connectivity index (χ4n) is 4.17. The zero-order valence-corrected chi connectivity index (χ0v) is 14.6. The summed E-state index contributed by atoms with van der Waals surface area (Å²) in [7, 11) is 0. The lowest BCUT2D eigenvalue weighted by atomic mass is 9.81. The molecule has 1 aliphatic carbocycles. The monoisotopic (exact) mass is 329 g/mol. The maximum atomic E-state index is 12.6. The van der Waals surface area contributed by atoms with Crippen molar-refractivity contribution < 1.29 is 24.9 Å². The van der Waals surface area contributed by atoms with Gasteiger partial charge in [0.1, 0.15) is 18.7 Å². The van der Waals surface area contributed by atoms with Gasteiger partial charge in [0, 0.05) is 18.9 Å². The fourth-order valence-corrected chi connectivity index (χ4v) is 4.17. The van der Waals surface area contributed by atoms with Gasteiger partial charge in [-0.05, 0) is 38.5 Å². The average molecular weight is 329 g/mol. The highest BCUT2D eigenvalue weighted by Gasteiger charge is 2.39. The summed E-state index contributed by atoms with van der Waals surface area (Å²) >= 11 is 0. The summed E-state index contributed by atoms with van der Waals surface area (Å²) in [5, 5.41) is 20.1. The Bertz CT molecular complexity index is 370. The molecule has 0 radical (unpaired) electrons. The van der Waals surface area contributed by atoms with Gasteiger partial charge in [0.2, 0.25) is 0 Å². The Balaban J connectivity index is 1.83. The Kier molecular flexibility index (Phi) is 7.43. The number of rotatable bonds is 7. The summed E-state index contributed by atoms with van der Waals surface area (Å²) in [6.07, 6.45) is 5.36. The van der Waals surface area contributed by atoms with Crippen molar-refractivity contribution in [3.63, 3.8) is 0 Å². The van der Waals surface area contributed by atoms with Crippen LogP contribution in [0.4, 0.5) is 0 Å². The smallest absolute Gasteiger partial charge is 0.190 e. The van der Waals surface area contributed by atoms with Gasteiger partial charge in [0.25, 0.3) is 0 Å². The third-order valence-electron chi connectivity index (χ3n) is 5.75. The third-order valence-corrected chi connectivity index (χ3v) is 5.75. The molecule has 0 bridgehead atoms. The van der Waals surface area contributed by atoms with Crippen LogP contribution in [-0.4, -0.2) is 49.4 Å². The molecule has 4 unspecified atom stereocenters. The number of carbonyl (C=O) groups excluding carboxylic acids is 1. The second-order valence-corrected chi connectivity index (χ2v) is 7.19. The van der Waals surface area contributed by atoms with Crippen molar-refractivity contribution >= 4 is 5.78 Å². The van der Waals surface area contributed by atoms with Crippen molar-refractivity contribution in [2.75, 3.05) is 26.2 Å². The molecule has 0 aromatic carbocycles. The summed E-state index contributed by atoms with van der Waals surface area (Å²) < 4.78 is 5.56. The molecule has 2 fully saturated rings. The predicted octanol–water partition coefficient (Wildman–Crippen LogP) is -0.394. The minimum absolute atomic E-state index is 0.0933. The van der Waals surface area contributed by atoms with Crippen LogP contribution < -0.4 is 10.1 Å². The Morgan fingerprint density at radius 1 is 1.26 bits per heavy atom. The van der Waals surface area contributed by atoms with Crippen LogP contribution in [0.15, 0.2) is 0 Å². The number of hydroxylamine groups is 2. The number of likely N-dealkylation sites (tertiary alicyclic amines) is 1. The topological polar surface area (TPSA) is 78.5 Å². The van der Waals surface area contributed by atoms with Crippen molar-refractivity contribution in [3.05, 3.63) is 5.21 Å². The standard InChI is InChI=1S/C17H32N2O4/c1-3-13-7-9-18(10-8-13)12-16(20)14-5-6-17(23-4-2)15(11-14)19(21)22/h13-15,17,19,21H,3-12H2,1-2H3/p+1. The van der Waals surface area contributed by atoms with Gasteiger partial charge in [-0.15, -0.1) is 0 Å². The highest BCUT2D eigenvalue weighted by Crippen LogP contribution is 2.26. The number of hydrogen-bond acceptors (Lipinski definition) is 4. The summed E-state index contributed by atoms with van der Waals surface area (Å²) in [6.45, 7) is 7.40. The van der Waals surface area contributed by atoms with Crippen LogP contribution >= 0.6 is 0 Å². The number of Topliss-reactive ketones (excluding diaryl/α,β-unsaturated/α-hetero) is 1. The zero-order chi connectivity index (χ0) is 16.8. The van der Waals surface area contributed by atoms with Gasteiger partial charge in [0.05, 0.1) is 13.1 Å². The molecule has 1 saturated heterocycles. The maximum Gasteiger partial charge on any atom is 0.190 e. The number of piperidine rings is 1. The molecule has 23 heavy (non-hydrogen) atoms. The van der Waals surface area contributed by atoms with Gasteiger partial charge >= 0.3 is 0 Å². The Morgan fingerprint density at radius 3 is 2.52 bits per heavy atom. The normalized spacial score (nSPS) is 36.6. The molecule has 1 aliphatic heterocycles. The lowest BCUT2D eigenvalue weighted by Crippen LogP contribution is -3.14. The molecule has 2 rings (SSSR count). The number of hydrogen-bond donors (Lipinski definition) is 3. The highest BCUT2D eigenvalue weighted by molar-refractivity contribution is 5.82. The number of carbonyl (C=O) groups is 1. The van der Waals surface area contributed by atoms with E-state index in [0.29, 0.717) is 26.0 Å². The maximum absolute atomic E-state index is 12.6. The van der Waals surface area contributed by atoms with Crippen molar-refractivity contribution in [1.29, 1.82) is 0 Å². The number of nitrogens with one attached hydrogen (secondary N) is 2. The molecule has 4 atom stereocenters. The summed E-state index contributed by atoms with van der Waals surface area (Å²) in [5.41, 5.74) is 0. The van der Waals surface area contributed by atoms with E-state index in [1.807, 2.05) is 6.92 Å². The first kappa shape index (κ1) is 18.8. The molecule has 0 spiro atoms. The number of ketones is 1. The van der Waals surface area contributed by atoms with Crippen LogP contribution in [0.2, 0.25) is 0 Å². The molecule has 0 aromatic heterocycles. The second kappa shape index (κ2) is 9.08. The van der Waals surface area contributed by atoms with E-state index in [-0.39, 0.29) is 17.8 Å². The van der Waals surface area contributed by atoms with E-state index in [1.165, 1.54) is 24.2 Å². The zero-order valence-electron chi connectivity index (χ0n) is 14.6. The Labute approximate surface area is 139 Å². The molecule has 6 heteroatoms. The van der Waals surface area contributed by atoms with Crippen molar-refractivity contribution in [2.24, 2.45) is 11.8 Å². The van der Waals surface area contributed by atoms with E-state index in [2.05, 4.69) is 6.92 Å².